The second kappa shape index (κ2) is 6.72. The predicted molar refractivity (Wildman–Crippen MR) is 87.1 cm³/mol. The summed E-state index contributed by atoms with van der Waals surface area (Å²) in [5.74, 6) is -2.47. The zero-order valence-electron chi connectivity index (χ0n) is 13.4. The average molecular weight is 370 g/mol. The van der Waals surface area contributed by atoms with Gasteiger partial charge in [0.05, 0.1) is 5.92 Å². The van der Waals surface area contributed by atoms with E-state index >= 15 is 0 Å². The normalized spacial score (nSPS) is 23.6. The van der Waals surface area contributed by atoms with Crippen LogP contribution in [0.25, 0.3) is 0 Å². The van der Waals surface area contributed by atoms with Gasteiger partial charge in [-0.3, -0.25) is 9.59 Å². The van der Waals surface area contributed by atoms with E-state index in [0.29, 0.717) is 43.4 Å². The van der Waals surface area contributed by atoms with Crippen LogP contribution < -0.4 is 10.0 Å². The number of benzene rings is 1. The van der Waals surface area contributed by atoms with Gasteiger partial charge in [0.15, 0.2) is 0 Å². The third-order valence-electron chi connectivity index (χ3n) is 4.74. The minimum Gasteiger partial charge on any atom is -0.481 e. The van der Waals surface area contributed by atoms with Gasteiger partial charge < -0.3 is 10.4 Å². The molecule has 2 aliphatic rings. The zero-order valence-corrected chi connectivity index (χ0v) is 14.2. The highest BCUT2D eigenvalue weighted by Crippen LogP contribution is 2.30. The number of hydrogen-bond donors (Lipinski definition) is 3. The van der Waals surface area contributed by atoms with E-state index in [1.54, 1.807) is 0 Å². The Hall–Kier alpha value is -2.00. The largest absolute Gasteiger partial charge is 0.481 e. The topological polar surface area (TPSA) is 113 Å². The van der Waals surface area contributed by atoms with Crippen molar-refractivity contribution in [2.75, 3.05) is 5.32 Å². The molecule has 0 aromatic heterocycles. The molecular formula is C16H19FN2O5S. The number of amides is 1. The number of fused-ring (bicyclic) bond motifs is 1. The first kappa shape index (κ1) is 17.8. The lowest BCUT2D eigenvalue weighted by molar-refractivity contribution is -0.142. The molecule has 1 aromatic carbocycles. The predicted octanol–water partition coefficient (Wildman–Crippen LogP) is 1.63. The Morgan fingerprint density at radius 2 is 1.88 bits per heavy atom. The Morgan fingerprint density at radius 3 is 2.52 bits per heavy atom. The van der Waals surface area contributed by atoms with Gasteiger partial charge in [-0.05, 0) is 49.8 Å². The zero-order chi connectivity index (χ0) is 18.2. The molecule has 25 heavy (non-hydrogen) atoms. The number of sulfonamides is 1. The first-order valence-electron chi connectivity index (χ1n) is 8.13. The van der Waals surface area contributed by atoms with Crippen molar-refractivity contribution in [3.05, 3.63) is 23.5 Å². The highest BCUT2D eigenvalue weighted by Gasteiger charge is 2.31. The number of hydrogen-bond acceptors (Lipinski definition) is 4. The lowest BCUT2D eigenvalue weighted by Crippen LogP contribution is -2.39. The monoisotopic (exact) mass is 370 g/mol. The van der Waals surface area contributed by atoms with Crippen LogP contribution in [0.4, 0.5) is 10.1 Å². The van der Waals surface area contributed by atoms with Crippen molar-refractivity contribution in [1.29, 1.82) is 0 Å². The maximum Gasteiger partial charge on any atom is 0.306 e. The van der Waals surface area contributed by atoms with Crippen LogP contribution in [0.3, 0.4) is 0 Å². The van der Waals surface area contributed by atoms with Crippen LogP contribution in [0.2, 0.25) is 0 Å². The SMILES string of the molecule is O=C1CCc2cc(S(=O)(=O)NC3CCC(C(=O)O)CC3)c(F)cc2N1. The number of aliphatic carboxylic acids is 1. The summed E-state index contributed by atoms with van der Waals surface area (Å²) in [6, 6.07) is 1.88. The summed E-state index contributed by atoms with van der Waals surface area (Å²) in [7, 11) is -4.06. The van der Waals surface area contributed by atoms with Gasteiger partial charge in [-0.1, -0.05) is 0 Å². The lowest BCUT2D eigenvalue weighted by Gasteiger charge is -2.27. The molecule has 0 saturated heterocycles. The molecule has 1 saturated carbocycles. The van der Waals surface area contributed by atoms with E-state index in [2.05, 4.69) is 10.0 Å². The van der Waals surface area contributed by atoms with E-state index in [-0.39, 0.29) is 12.3 Å². The molecule has 1 heterocycles. The van der Waals surface area contributed by atoms with Gasteiger partial charge in [-0.2, -0.15) is 0 Å². The number of nitrogens with one attached hydrogen (secondary N) is 2. The van der Waals surface area contributed by atoms with Crippen molar-refractivity contribution < 1.29 is 27.5 Å². The quantitative estimate of drug-likeness (QED) is 0.746. The van der Waals surface area contributed by atoms with Crippen LogP contribution in [-0.2, 0) is 26.0 Å². The molecule has 136 valence electrons. The Kier molecular flexibility index (Phi) is 4.79. The minimum absolute atomic E-state index is 0.226. The summed E-state index contributed by atoms with van der Waals surface area (Å²) in [4.78, 5) is 21.9. The maximum absolute atomic E-state index is 14.3. The molecule has 1 fully saturated rings. The molecule has 1 amide bonds. The van der Waals surface area contributed by atoms with Crippen molar-refractivity contribution in [2.45, 2.75) is 49.5 Å². The van der Waals surface area contributed by atoms with Gasteiger partial charge in [0.2, 0.25) is 15.9 Å². The minimum atomic E-state index is -4.06. The van der Waals surface area contributed by atoms with Crippen LogP contribution in [0.15, 0.2) is 17.0 Å². The first-order chi connectivity index (χ1) is 11.8. The van der Waals surface area contributed by atoms with Gasteiger partial charge in [0.1, 0.15) is 10.7 Å². The van der Waals surface area contributed by atoms with Crippen LogP contribution in [0.1, 0.15) is 37.7 Å². The Balaban J connectivity index is 1.77. The van der Waals surface area contributed by atoms with E-state index in [1.807, 2.05) is 0 Å². The fourth-order valence-corrected chi connectivity index (χ4v) is 4.74. The molecule has 1 aliphatic heterocycles. The van der Waals surface area contributed by atoms with E-state index in [0.717, 1.165) is 6.07 Å². The Bertz CT molecular complexity index is 816. The number of carboxylic acid groups (broad SMARTS) is 1. The van der Waals surface area contributed by atoms with Gasteiger partial charge in [0.25, 0.3) is 0 Å². The third kappa shape index (κ3) is 3.82. The van der Waals surface area contributed by atoms with Gasteiger partial charge >= 0.3 is 5.97 Å². The van der Waals surface area contributed by atoms with Crippen LogP contribution in [0, 0.1) is 11.7 Å². The van der Waals surface area contributed by atoms with Crippen molar-refractivity contribution >= 4 is 27.6 Å². The number of halogens is 1. The molecule has 9 heteroatoms. The molecule has 0 unspecified atom stereocenters. The standard InChI is InChI=1S/C16H19FN2O5S/c17-12-8-13-10(3-6-15(20)18-13)7-14(12)25(23,24)19-11-4-1-9(2-5-11)16(21)22/h7-9,11,19H,1-6H2,(H,18,20)(H,21,22). The van der Waals surface area contributed by atoms with Crippen molar-refractivity contribution in [2.24, 2.45) is 5.92 Å². The van der Waals surface area contributed by atoms with Gasteiger partial charge in [0, 0.05) is 18.2 Å². The van der Waals surface area contributed by atoms with Crippen LogP contribution in [0.5, 0.6) is 0 Å². The molecule has 3 rings (SSSR count). The molecule has 1 aromatic rings. The van der Waals surface area contributed by atoms with E-state index in [1.165, 1.54) is 6.07 Å². The highest BCUT2D eigenvalue weighted by molar-refractivity contribution is 7.89. The number of carboxylic acids is 1. The lowest BCUT2D eigenvalue weighted by atomic mass is 9.87. The summed E-state index contributed by atoms with van der Waals surface area (Å²) >= 11 is 0. The van der Waals surface area contributed by atoms with Crippen molar-refractivity contribution in [3.8, 4) is 0 Å². The molecule has 0 atom stereocenters. The van der Waals surface area contributed by atoms with Crippen LogP contribution >= 0.6 is 0 Å². The summed E-state index contributed by atoms with van der Waals surface area (Å²) in [5, 5.41) is 11.5. The summed E-state index contributed by atoms with van der Waals surface area (Å²) in [6.07, 6.45) is 2.17. The Morgan fingerprint density at radius 1 is 1.20 bits per heavy atom. The van der Waals surface area contributed by atoms with Gasteiger partial charge in [-0.25, -0.2) is 17.5 Å². The summed E-state index contributed by atoms with van der Waals surface area (Å²) < 4.78 is 41.8. The number of carbonyl (C=O) groups excluding carboxylic acids is 1. The first-order valence-corrected chi connectivity index (χ1v) is 9.62. The molecule has 7 nitrogen and oxygen atoms in total. The smallest absolute Gasteiger partial charge is 0.306 e. The molecule has 0 spiro atoms. The fourth-order valence-electron chi connectivity index (χ4n) is 3.33. The van der Waals surface area contributed by atoms with E-state index < -0.39 is 38.7 Å². The van der Waals surface area contributed by atoms with Crippen molar-refractivity contribution in [3.63, 3.8) is 0 Å². The maximum atomic E-state index is 14.3. The van der Waals surface area contributed by atoms with Crippen LogP contribution in [-0.4, -0.2) is 31.4 Å². The third-order valence-corrected chi connectivity index (χ3v) is 6.28. The number of aryl methyl sites for hydroxylation is 1. The summed E-state index contributed by atoms with van der Waals surface area (Å²) in [5.41, 5.74) is 0.880. The second-order valence-corrected chi connectivity index (χ2v) is 8.18. The molecular weight excluding hydrogens is 351 g/mol. The number of anilines is 1. The van der Waals surface area contributed by atoms with E-state index in [9.17, 15) is 22.4 Å². The molecule has 0 bridgehead atoms. The highest BCUT2D eigenvalue weighted by atomic mass is 32.2. The number of carbonyl (C=O) groups is 2. The van der Waals surface area contributed by atoms with E-state index in [4.69, 9.17) is 5.11 Å². The van der Waals surface area contributed by atoms with Crippen molar-refractivity contribution in [1.82, 2.24) is 4.72 Å². The Labute approximate surface area is 144 Å². The second-order valence-electron chi connectivity index (χ2n) is 6.50. The fraction of sp³-hybridized carbons (Fsp3) is 0.500. The average Bonchev–Trinajstić information content (AvgIpc) is 2.54. The van der Waals surface area contributed by atoms with Gasteiger partial charge in [-0.15, -0.1) is 0 Å². The summed E-state index contributed by atoms with van der Waals surface area (Å²) in [6.45, 7) is 0. The molecule has 1 aliphatic carbocycles. The molecule has 3 N–H and O–H groups in total. The molecule has 0 radical (unpaired) electrons. The number of rotatable bonds is 4.